The van der Waals surface area contributed by atoms with Crippen molar-refractivity contribution in [2.45, 2.75) is 0 Å². The Morgan fingerprint density at radius 2 is 1.52 bits per heavy atom. The maximum Gasteiger partial charge on any atom is 0.346 e. The Bertz CT molecular complexity index is 978. The summed E-state index contributed by atoms with van der Waals surface area (Å²) in [4.78, 5) is 35.5. The minimum absolute atomic E-state index is 0.167. The number of benzene rings is 2. The van der Waals surface area contributed by atoms with Gasteiger partial charge >= 0.3 is 5.69 Å². The molecular weight excluding hydrogens is 340 g/mol. The van der Waals surface area contributed by atoms with Crippen LogP contribution in [0, 0.1) is 0 Å². The van der Waals surface area contributed by atoms with Crippen molar-refractivity contribution in [3.63, 3.8) is 0 Å². The molecule has 0 aliphatic carbocycles. The first-order valence-electron chi connectivity index (χ1n) is 8.97. The number of H-pyrrole nitrogens is 1. The molecule has 136 valence electrons. The molecule has 0 atom stereocenters. The Morgan fingerprint density at radius 1 is 0.889 bits per heavy atom. The third-order valence-electron chi connectivity index (χ3n) is 4.73. The second-order valence-electron chi connectivity index (χ2n) is 6.47. The van der Waals surface area contributed by atoms with Gasteiger partial charge in [-0.2, -0.15) is 4.98 Å². The summed E-state index contributed by atoms with van der Waals surface area (Å²) in [7, 11) is 0. The van der Waals surface area contributed by atoms with Crippen molar-refractivity contribution in [3.8, 4) is 11.3 Å². The normalized spacial score (nSPS) is 14.2. The summed E-state index contributed by atoms with van der Waals surface area (Å²) in [6, 6.07) is 21.2. The van der Waals surface area contributed by atoms with Crippen LogP contribution in [0.4, 0.5) is 5.69 Å². The van der Waals surface area contributed by atoms with Crippen LogP contribution in [0.15, 0.2) is 71.5 Å². The number of nitrogens with zero attached hydrogens (tertiary/aromatic N) is 3. The number of carbonyl (C=O) groups excluding carboxylic acids is 1. The van der Waals surface area contributed by atoms with Crippen molar-refractivity contribution in [2.75, 3.05) is 31.1 Å². The van der Waals surface area contributed by atoms with Crippen LogP contribution in [0.2, 0.25) is 0 Å². The number of hydrogen-bond acceptors (Lipinski definition) is 4. The fourth-order valence-electron chi connectivity index (χ4n) is 3.31. The lowest BCUT2D eigenvalue weighted by atomic mass is 10.1. The molecule has 27 heavy (non-hydrogen) atoms. The first-order valence-corrected chi connectivity index (χ1v) is 8.97. The van der Waals surface area contributed by atoms with Crippen LogP contribution in [-0.4, -0.2) is 47.0 Å². The maximum atomic E-state index is 12.9. The topological polar surface area (TPSA) is 69.3 Å². The van der Waals surface area contributed by atoms with Crippen LogP contribution in [0.3, 0.4) is 0 Å². The fourth-order valence-corrected chi connectivity index (χ4v) is 3.31. The Hall–Kier alpha value is -3.41. The zero-order chi connectivity index (χ0) is 18.6. The predicted molar refractivity (Wildman–Crippen MR) is 105 cm³/mol. The van der Waals surface area contributed by atoms with E-state index >= 15 is 0 Å². The van der Waals surface area contributed by atoms with Gasteiger partial charge in [-0.3, -0.25) is 4.79 Å². The third-order valence-corrected chi connectivity index (χ3v) is 4.73. The minimum atomic E-state index is -0.511. The number of para-hydroxylation sites is 1. The lowest BCUT2D eigenvalue weighted by Gasteiger charge is -2.36. The molecule has 6 nitrogen and oxygen atoms in total. The molecule has 1 N–H and O–H groups in total. The second-order valence-corrected chi connectivity index (χ2v) is 6.47. The molecule has 1 amide bonds. The number of amides is 1. The van der Waals surface area contributed by atoms with Crippen LogP contribution in [0.1, 0.15) is 10.5 Å². The van der Waals surface area contributed by atoms with Crippen LogP contribution < -0.4 is 10.6 Å². The summed E-state index contributed by atoms with van der Waals surface area (Å²) in [6.07, 6.45) is 0. The van der Waals surface area contributed by atoms with Crippen LogP contribution in [0.5, 0.6) is 0 Å². The van der Waals surface area contributed by atoms with Crippen molar-refractivity contribution >= 4 is 11.6 Å². The van der Waals surface area contributed by atoms with Gasteiger partial charge < -0.3 is 14.8 Å². The quantitative estimate of drug-likeness (QED) is 0.779. The summed E-state index contributed by atoms with van der Waals surface area (Å²) < 4.78 is 0. The molecule has 0 saturated carbocycles. The number of carbonyl (C=O) groups is 1. The molecule has 0 bridgehead atoms. The summed E-state index contributed by atoms with van der Waals surface area (Å²) in [6.45, 7) is 2.74. The fraction of sp³-hybridized carbons (Fsp3) is 0.190. The van der Waals surface area contributed by atoms with Gasteiger partial charge in [-0.15, -0.1) is 0 Å². The molecule has 1 aliphatic rings. The lowest BCUT2D eigenvalue weighted by molar-refractivity contribution is 0.0740. The van der Waals surface area contributed by atoms with E-state index in [2.05, 4.69) is 27.0 Å². The van der Waals surface area contributed by atoms with Crippen LogP contribution in [-0.2, 0) is 0 Å². The summed E-state index contributed by atoms with van der Waals surface area (Å²) in [5.74, 6) is -0.167. The molecule has 1 aromatic heterocycles. The Morgan fingerprint density at radius 3 is 2.19 bits per heavy atom. The van der Waals surface area contributed by atoms with E-state index in [4.69, 9.17) is 0 Å². The Labute approximate surface area is 157 Å². The standard InChI is InChI=1S/C21H20N4O2/c26-20(25-13-11-24(12-14-25)17-9-5-2-6-10-17)19-15-18(22-21(27)23-19)16-7-3-1-4-8-16/h1-10,15H,11-14H2,(H,22,23,27). The smallest absolute Gasteiger partial charge is 0.346 e. The number of aromatic amines is 1. The van der Waals surface area contributed by atoms with E-state index in [9.17, 15) is 9.59 Å². The summed E-state index contributed by atoms with van der Waals surface area (Å²) in [5, 5.41) is 0. The zero-order valence-electron chi connectivity index (χ0n) is 14.8. The van der Waals surface area contributed by atoms with Gasteiger partial charge in [-0.05, 0) is 18.2 Å². The Balaban J connectivity index is 1.51. The highest BCUT2D eigenvalue weighted by molar-refractivity contribution is 5.93. The highest BCUT2D eigenvalue weighted by Crippen LogP contribution is 2.18. The van der Waals surface area contributed by atoms with Crippen molar-refractivity contribution in [1.29, 1.82) is 0 Å². The molecule has 0 radical (unpaired) electrons. The molecule has 4 rings (SSSR count). The van der Waals surface area contributed by atoms with Crippen molar-refractivity contribution in [1.82, 2.24) is 14.9 Å². The van der Waals surface area contributed by atoms with E-state index in [1.54, 1.807) is 11.0 Å². The van der Waals surface area contributed by atoms with Gasteiger partial charge in [0, 0.05) is 37.4 Å². The van der Waals surface area contributed by atoms with Gasteiger partial charge in [0.2, 0.25) is 0 Å². The summed E-state index contributed by atoms with van der Waals surface area (Å²) in [5.41, 5.74) is 2.25. The minimum Gasteiger partial charge on any atom is -0.368 e. The predicted octanol–water partition coefficient (Wildman–Crippen LogP) is 2.40. The number of anilines is 1. The average molecular weight is 360 g/mol. The number of nitrogens with one attached hydrogen (secondary N) is 1. The van der Waals surface area contributed by atoms with Gasteiger partial charge in [-0.25, -0.2) is 4.79 Å². The molecular formula is C21H20N4O2. The molecule has 0 unspecified atom stereocenters. The van der Waals surface area contributed by atoms with E-state index in [1.807, 2.05) is 48.5 Å². The maximum absolute atomic E-state index is 12.9. The molecule has 1 fully saturated rings. The molecule has 1 aliphatic heterocycles. The number of piperazine rings is 1. The lowest BCUT2D eigenvalue weighted by Crippen LogP contribution is -2.49. The largest absolute Gasteiger partial charge is 0.368 e. The molecule has 1 saturated heterocycles. The monoisotopic (exact) mass is 360 g/mol. The number of aromatic nitrogens is 2. The first kappa shape index (κ1) is 17.0. The Kier molecular flexibility index (Phi) is 4.70. The van der Waals surface area contributed by atoms with Crippen molar-refractivity contribution in [3.05, 3.63) is 82.9 Å². The van der Waals surface area contributed by atoms with E-state index < -0.39 is 5.69 Å². The van der Waals surface area contributed by atoms with E-state index in [0.29, 0.717) is 18.8 Å². The SMILES string of the molecule is O=C(c1cc(-c2ccccc2)nc(=O)[nH]1)N1CCN(c2ccccc2)CC1. The molecule has 2 aromatic carbocycles. The average Bonchev–Trinajstić information content (AvgIpc) is 2.74. The van der Waals surface area contributed by atoms with E-state index in [1.165, 1.54) is 0 Å². The molecule has 2 heterocycles. The van der Waals surface area contributed by atoms with Gasteiger partial charge in [0.05, 0.1) is 5.69 Å². The number of hydrogen-bond donors (Lipinski definition) is 1. The van der Waals surface area contributed by atoms with E-state index in [0.717, 1.165) is 24.3 Å². The van der Waals surface area contributed by atoms with Crippen molar-refractivity contribution < 1.29 is 4.79 Å². The van der Waals surface area contributed by atoms with Gasteiger partial charge in [0.25, 0.3) is 5.91 Å². The molecule has 3 aromatic rings. The van der Waals surface area contributed by atoms with Gasteiger partial charge in [0.15, 0.2) is 0 Å². The highest BCUT2D eigenvalue weighted by atomic mass is 16.2. The van der Waals surface area contributed by atoms with Crippen LogP contribution in [0.25, 0.3) is 11.3 Å². The zero-order valence-corrected chi connectivity index (χ0v) is 14.8. The van der Waals surface area contributed by atoms with Gasteiger partial charge in [0.1, 0.15) is 5.69 Å². The third kappa shape index (κ3) is 3.74. The van der Waals surface area contributed by atoms with Crippen molar-refractivity contribution in [2.24, 2.45) is 0 Å². The highest BCUT2D eigenvalue weighted by Gasteiger charge is 2.23. The molecule has 0 spiro atoms. The second kappa shape index (κ2) is 7.45. The van der Waals surface area contributed by atoms with E-state index in [-0.39, 0.29) is 11.6 Å². The number of rotatable bonds is 3. The first-order chi connectivity index (χ1) is 13.2. The molecule has 6 heteroatoms. The summed E-state index contributed by atoms with van der Waals surface area (Å²) >= 11 is 0. The van der Waals surface area contributed by atoms with Crippen LogP contribution >= 0.6 is 0 Å². The van der Waals surface area contributed by atoms with Gasteiger partial charge in [-0.1, -0.05) is 48.5 Å².